The molecule has 0 radical (unpaired) electrons. The molecule has 84 valence electrons. The van der Waals surface area contributed by atoms with Crippen molar-refractivity contribution in [1.29, 1.82) is 0 Å². The Labute approximate surface area is 88.3 Å². The Bertz CT molecular complexity index is 340. The Hall–Kier alpha value is -1.16. The largest absolute Gasteiger partial charge is 0.487 e. The van der Waals surface area contributed by atoms with E-state index in [1.54, 1.807) is 20.9 Å². The quantitative estimate of drug-likeness (QED) is 0.833. The van der Waals surface area contributed by atoms with Crippen LogP contribution in [0.25, 0.3) is 0 Å². The molecule has 0 saturated carbocycles. The molecule has 0 spiro atoms. The van der Waals surface area contributed by atoms with Crippen molar-refractivity contribution >= 4 is 0 Å². The number of hydrogen-bond donors (Lipinski definition) is 1. The van der Waals surface area contributed by atoms with E-state index in [9.17, 15) is 8.78 Å². The summed E-state index contributed by atoms with van der Waals surface area (Å²) in [7, 11) is 1.74. The zero-order valence-electron chi connectivity index (χ0n) is 9.10. The fourth-order valence-electron chi connectivity index (χ4n) is 1.26. The second-order valence-corrected chi connectivity index (χ2v) is 3.55. The Morgan fingerprint density at radius 2 is 2.00 bits per heavy atom. The first-order chi connectivity index (χ1) is 7.06. The molecule has 0 aliphatic heterocycles. The predicted octanol–water partition coefficient (Wildman–Crippen LogP) is 2.47. The number of nitrogens with one attached hydrogen (secondary N) is 1. The van der Waals surface area contributed by atoms with Crippen LogP contribution in [0.4, 0.5) is 8.78 Å². The molecular formula is C11H15F2NO. The summed E-state index contributed by atoms with van der Waals surface area (Å²) < 4.78 is 31.6. The molecule has 2 nitrogen and oxygen atoms in total. The first-order valence-corrected chi connectivity index (χ1v) is 4.84. The molecule has 0 amide bonds. The van der Waals surface area contributed by atoms with Crippen LogP contribution in [0.3, 0.4) is 0 Å². The zero-order chi connectivity index (χ0) is 11.4. The monoisotopic (exact) mass is 215 g/mol. The molecule has 0 aromatic heterocycles. The van der Waals surface area contributed by atoms with E-state index in [-0.39, 0.29) is 11.9 Å². The second-order valence-electron chi connectivity index (χ2n) is 3.55. The van der Waals surface area contributed by atoms with Crippen molar-refractivity contribution in [3.63, 3.8) is 0 Å². The maximum Gasteiger partial charge on any atom is 0.200 e. The third-order valence-corrected chi connectivity index (χ3v) is 1.85. The van der Waals surface area contributed by atoms with Crippen LogP contribution in [0.1, 0.15) is 19.4 Å². The van der Waals surface area contributed by atoms with Gasteiger partial charge in [-0.3, -0.25) is 0 Å². The minimum Gasteiger partial charge on any atom is -0.487 e. The number of benzene rings is 1. The van der Waals surface area contributed by atoms with Gasteiger partial charge in [-0.25, -0.2) is 4.39 Å². The topological polar surface area (TPSA) is 21.3 Å². The lowest BCUT2D eigenvalue weighted by molar-refractivity contribution is 0.225. The molecule has 0 aliphatic rings. The molecule has 15 heavy (non-hydrogen) atoms. The van der Waals surface area contributed by atoms with Crippen LogP contribution in [0, 0.1) is 11.6 Å². The highest BCUT2D eigenvalue weighted by Crippen LogP contribution is 2.26. The van der Waals surface area contributed by atoms with Crippen LogP contribution in [0.15, 0.2) is 12.1 Å². The molecule has 0 atom stereocenters. The number of ether oxygens (including phenoxy) is 1. The van der Waals surface area contributed by atoms with E-state index in [1.807, 2.05) is 0 Å². The van der Waals surface area contributed by atoms with Crippen molar-refractivity contribution < 1.29 is 13.5 Å². The van der Waals surface area contributed by atoms with E-state index in [0.29, 0.717) is 12.1 Å². The summed E-state index contributed by atoms with van der Waals surface area (Å²) in [6.45, 7) is 3.99. The van der Waals surface area contributed by atoms with Crippen molar-refractivity contribution in [2.75, 3.05) is 7.05 Å². The van der Waals surface area contributed by atoms with Crippen LogP contribution in [0.5, 0.6) is 5.75 Å². The molecule has 0 unspecified atom stereocenters. The van der Waals surface area contributed by atoms with Gasteiger partial charge in [0, 0.05) is 12.1 Å². The van der Waals surface area contributed by atoms with Crippen LogP contribution in [0.2, 0.25) is 0 Å². The molecule has 0 bridgehead atoms. The molecule has 0 aliphatic carbocycles. The number of halogens is 2. The molecule has 0 heterocycles. The Morgan fingerprint density at radius 1 is 1.33 bits per heavy atom. The van der Waals surface area contributed by atoms with Crippen molar-refractivity contribution in [3.8, 4) is 5.75 Å². The molecular weight excluding hydrogens is 200 g/mol. The van der Waals surface area contributed by atoms with Crippen LogP contribution < -0.4 is 10.1 Å². The smallest absolute Gasteiger partial charge is 0.200 e. The first kappa shape index (κ1) is 11.9. The summed E-state index contributed by atoms with van der Waals surface area (Å²) in [6.07, 6.45) is -0.183. The average Bonchev–Trinajstić information content (AvgIpc) is 2.17. The summed E-state index contributed by atoms with van der Waals surface area (Å²) in [5.74, 6) is -1.80. The van der Waals surface area contributed by atoms with Gasteiger partial charge in [-0.05, 0) is 27.0 Å². The molecule has 0 fully saturated rings. The predicted molar refractivity (Wildman–Crippen MR) is 54.9 cm³/mol. The van der Waals surface area contributed by atoms with E-state index in [0.717, 1.165) is 6.07 Å². The molecule has 0 saturated heterocycles. The maximum atomic E-state index is 13.4. The van der Waals surface area contributed by atoms with Gasteiger partial charge in [-0.2, -0.15) is 4.39 Å². The summed E-state index contributed by atoms with van der Waals surface area (Å²) in [5.41, 5.74) is 0.616. The van der Waals surface area contributed by atoms with Gasteiger partial charge >= 0.3 is 0 Å². The SMILES string of the molecule is CNCc1ccc(F)c(F)c1OC(C)C. The van der Waals surface area contributed by atoms with Gasteiger partial charge < -0.3 is 10.1 Å². The van der Waals surface area contributed by atoms with Crippen LogP contribution in [-0.4, -0.2) is 13.2 Å². The average molecular weight is 215 g/mol. The molecule has 1 N–H and O–H groups in total. The van der Waals surface area contributed by atoms with E-state index in [2.05, 4.69) is 5.32 Å². The highest BCUT2D eigenvalue weighted by Gasteiger charge is 2.15. The molecule has 1 rings (SSSR count). The third kappa shape index (κ3) is 2.89. The summed E-state index contributed by atoms with van der Waals surface area (Å²) in [4.78, 5) is 0. The van der Waals surface area contributed by atoms with Gasteiger partial charge in [0.2, 0.25) is 5.82 Å². The minimum atomic E-state index is -0.920. The molecule has 4 heteroatoms. The Kier molecular flexibility index (Phi) is 4.03. The van der Waals surface area contributed by atoms with Gasteiger partial charge in [0.25, 0.3) is 0 Å². The van der Waals surface area contributed by atoms with E-state index in [1.165, 1.54) is 6.07 Å². The molecule has 1 aromatic carbocycles. The summed E-state index contributed by atoms with van der Waals surface area (Å²) >= 11 is 0. The first-order valence-electron chi connectivity index (χ1n) is 4.84. The van der Waals surface area contributed by atoms with Gasteiger partial charge in [0.05, 0.1) is 6.10 Å². The van der Waals surface area contributed by atoms with Crippen molar-refractivity contribution in [1.82, 2.24) is 5.32 Å². The van der Waals surface area contributed by atoms with Gasteiger partial charge in [-0.1, -0.05) is 6.07 Å². The Balaban J connectivity index is 3.10. The summed E-state index contributed by atoms with van der Waals surface area (Å²) in [6, 6.07) is 2.63. The van der Waals surface area contributed by atoms with Gasteiger partial charge in [0.1, 0.15) is 0 Å². The standard InChI is InChI=1S/C11H15F2NO/c1-7(2)15-11-8(6-14-3)4-5-9(12)10(11)13/h4-5,7,14H,6H2,1-3H3. The van der Waals surface area contributed by atoms with E-state index >= 15 is 0 Å². The second kappa shape index (κ2) is 5.07. The zero-order valence-corrected chi connectivity index (χ0v) is 9.10. The minimum absolute atomic E-state index is 0.000602. The van der Waals surface area contributed by atoms with Gasteiger partial charge in [0.15, 0.2) is 11.6 Å². The van der Waals surface area contributed by atoms with Crippen molar-refractivity contribution in [3.05, 3.63) is 29.3 Å². The fraction of sp³-hybridized carbons (Fsp3) is 0.455. The lowest BCUT2D eigenvalue weighted by Crippen LogP contribution is -2.13. The van der Waals surface area contributed by atoms with Crippen molar-refractivity contribution in [2.45, 2.75) is 26.5 Å². The maximum absolute atomic E-state index is 13.4. The normalized spacial score (nSPS) is 10.8. The van der Waals surface area contributed by atoms with Crippen molar-refractivity contribution in [2.24, 2.45) is 0 Å². The lowest BCUT2D eigenvalue weighted by Gasteiger charge is -2.15. The Morgan fingerprint density at radius 3 is 2.53 bits per heavy atom. The highest BCUT2D eigenvalue weighted by atomic mass is 19.2. The van der Waals surface area contributed by atoms with Gasteiger partial charge in [-0.15, -0.1) is 0 Å². The van der Waals surface area contributed by atoms with Crippen LogP contribution in [-0.2, 0) is 6.54 Å². The van der Waals surface area contributed by atoms with E-state index < -0.39 is 11.6 Å². The number of rotatable bonds is 4. The van der Waals surface area contributed by atoms with E-state index in [4.69, 9.17) is 4.74 Å². The lowest BCUT2D eigenvalue weighted by atomic mass is 10.2. The summed E-state index contributed by atoms with van der Waals surface area (Å²) in [5, 5.41) is 2.88. The number of hydrogen-bond acceptors (Lipinski definition) is 2. The third-order valence-electron chi connectivity index (χ3n) is 1.85. The fourth-order valence-corrected chi connectivity index (χ4v) is 1.26. The van der Waals surface area contributed by atoms with Crippen LogP contribution >= 0.6 is 0 Å². The highest BCUT2D eigenvalue weighted by molar-refractivity contribution is 5.35. The molecule has 1 aromatic rings.